The molecule has 6 heteroatoms. The Bertz CT molecular complexity index is 569. The van der Waals surface area contributed by atoms with Gasteiger partial charge < -0.3 is 9.88 Å². The predicted octanol–water partition coefficient (Wildman–Crippen LogP) is 1.15. The molecule has 1 N–H and O–H groups in total. The Morgan fingerprint density at radius 3 is 2.90 bits per heavy atom. The fourth-order valence-corrected chi connectivity index (χ4v) is 2.63. The molecule has 0 unspecified atom stereocenters. The van der Waals surface area contributed by atoms with E-state index in [-0.39, 0.29) is 5.91 Å². The molecule has 2 aromatic rings. The molecule has 1 saturated heterocycles. The van der Waals surface area contributed by atoms with Crippen molar-refractivity contribution in [2.45, 2.75) is 13.0 Å². The van der Waals surface area contributed by atoms with E-state index in [0.29, 0.717) is 5.69 Å². The first kappa shape index (κ1) is 13.8. The van der Waals surface area contributed by atoms with Gasteiger partial charge in [0.05, 0.1) is 12.5 Å². The maximum atomic E-state index is 12.3. The van der Waals surface area contributed by atoms with Gasteiger partial charge in [0.25, 0.3) is 5.91 Å². The van der Waals surface area contributed by atoms with Crippen molar-refractivity contribution in [1.29, 1.82) is 0 Å². The summed E-state index contributed by atoms with van der Waals surface area (Å²) in [6.45, 7) is 4.32. The van der Waals surface area contributed by atoms with Crippen LogP contribution in [-0.2, 0) is 6.54 Å². The molecule has 2 aromatic heterocycles. The summed E-state index contributed by atoms with van der Waals surface area (Å²) >= 11 is 0. The Hall–Kier alpha value is -2.21. The number of aromatic nitrogens is 3. The van der Waals surface area contributed by atoms with Crippen LogP contribution in [0.1, 0.15) is 22.5 Å². The Labute approximate surface area is 123 Å². The molecule has 0 aliphatic carbocycles. The average molecular weight is 285 g/mol. The Morgan fingerprint density at radius 2 is 2.14 bits per heavy atom. The van der Waals surface area contributed by atoms with Crippen molar-refractivity contribution in [2.24, 2.45) is 0 Å². The smallest absolute Gasteiger partial charge is 0.271 e. The van der Waals surface area contributed by atoms with Gasteiger partial charge in [0.15, 0.2) is 0 Å². The first-order valence-corrected chi connectivity index (χ1v) is 7.22. The number of carbonyl (C=O) groups excluding carboxylic acids is 1. The molecule has 1 amide bonds. The van der Waals surface area contributed by atoms with Crippen LogP contribution in [0.5, 0.6) is 0 Å². The quantitative estimate of drug-likeness (QED) is 0.919. The lowest BCUT2D eigenvalue weighted by Crippen LogP contribution is -2.35. The molecule has 1 aliphatic heterocycles. The number of carbonyl (C=O) groups is 1. The van der Waals surface area contributed by atoms with Crippen molar-refractivity contribution in [2.75, 3.05) is 26.2 Å². The van der Waals surface area contributed by atoms with E-state index < -0.39 is 0 Å². The number of aromatic amines is 1. The normalized spacial score (nSPS) is 16.7. The third kappa shape index (κ3) is 3.46. The summed E-state index contributed by atoms with van der Waals surface area (Å²) in [5.74, 6) is 0.0377. The van der Waals surface area contributed by atoms with E-state index >= 15 is 0 Å². The molecule has 0 atom stereocenters. The van der Waals surface area contributed by atoms with Gasteiger partial charge in [-0.05, 0) is 18.1 Å². The van der Waals surface area contributed by atoms with Crippen LogP contribution in [0.15, 0.2) is 37.1 Å². The monoisotopic (exact) mass is 285 g/mol. The molecule has 0 saturated carbocycles. The van der Waals surface area contributed by atoms with Gasteiger partial charge in [0, 0.05) is 45.1 Å². The summed E-state index contributed by atoms with van der Waals surface area (Å²) in [6, 6.07) is 4.05. The standard InChI is InChI=1S/C15H19N5O/c21-15(14-10-17-12-18-14)20-6-2-5-19(7-8-20)11-13-3-1-4-16-9-13/h1,3-4,9-10,12H,2,5-8,11H2,(H,17,18). The number of amides is 1. The molecular weight excluding hydrogens is 266 g/mol. The fraction of sp³-hybridized carbons (Fsp3) is 0.400. The minimum atomic E-state index is 0.0377. The predicted molar refractivity (Wildman–Crippen MR) is 78.6 cm³/mol. The van der Waals surface area contributed by atoms with E-state index in [1.165, 1.54) is 5.56 Å². The highest BCUT2D eigenvalue weighted by atomic mass is 16.2. The number of H-pyrrole nitrogens is 1. The third-order valence-corrected chi connectivity index (χ3v) is 3.73. The second-order valence-corrected chi connectivity index (χ2v) is 5.25. The summed E-state index contributed by atoms with van der Waals surface area (Å²) in [5, 5.41) is 0. The maximum absolute atomic E-state index is 12.3. The van der Waals surface area contributed by atoms with Gasteiger partial charge in [0.1, 0.15) is 5.69 Å². The largest absolute Gasteiger partial charge is 0.341 e. The van der Waals surface area contributed by atoms with Gasteiger partial charge in [-0.25, -0.2) is 4.98 Å². The van der Waals surface area contributed by atoms with Gasteiger partial charge in [-0.3, -0.25) is 14.7 Å². The highest BCUT2D eigenvalue weighted by molar-refractivity contribution is 5.92. The summed E-state index contributed by atoms with van der Waals surface area (Å²) in [4.78, 5) is 27.5. The summed E-state index contributed by atoms with van der Waals surface area (Å²) in [5.41, 5.74) is 1.78. The Kier molecular flexibility index (Phi) is 4.25. The van der Waals surface area contributed by atoms with Gasteiger partial charge in [-0.1, -0.05) is 6.07 Å². The van der Waals surface area contributed by atoms with E-state index in [4.69, 9.17) is 0 Å². The maximum Gasteiger partial charge on any atom is 0.271 e. The van der Waals surface area contributed by atoms with Gasteiger partial charge >= 0.3 is 0 Å². The van der Waals surface area contributed by atoms with E-state index in [1.807, 2.05) is 17.2 Å². The summed E-state index contributed by atoms with van der Waals surface area (Å²) in [6.07, 6.45) is 7.80. The first-order valence-electron chi connectivity index (χ1n) is 7.22. The summed E-state index contributed by atoms with van der Waals surface area (Å²) in [7, 11) is 0. The van der Waals surface area contributed by atoms with Crippen LogP contribution in [0.2, 0.25) is 0 Å². The fourth-order valence-electron chi connectivity index (χ4n) is 2.63. The topological polar surface area (TPSA) is 65.1 Å². The zero-order valence-electron chi connectivity index (χ0n) is 11.9. The second kappa shape index (κ2) is 6.49. The lowest BCUT2D eigenvalue weighted by Gasteiger charge is -2.21. The van der Waals surface area contributed by atoms with Gasteiger partial charge in [0.2, 0.25) is 0 Å². The highest BCUT2D eigenvalue weighted by Gasteiger charge is 2.21. The zero-order valence-corrected chi connectivity index (χ0v) is 11.9. The van der Waals surface area contributed by atoms with Crippen molar-refractivity contribution < 1.29 is 4.79 Å². The Morgan fingerprint density at radius 1 is 1.19 bits per heavy atom. The minimum absolute atomic E-state index is 0.0377. The SMILES string of the molecule is O=C(c1cnc[nH]1)N1CCCN(Cc2cccnc2)CC1. The van der Waals surface area contributed by atoms with Crippen LogP contribution in [0.4, 0.5) is 0 Å². The zero-order chi connectivity index (χ0) is 14.5. The van der Waals surface area contributed by atoms with E-state index in [2.05, 4.69) is 25.9 Å². The van der Waals surface area contributed by atoms with Crippen molar-refractivity contribution in [1.82, 2.24) is 24.8 Å². The van der Waals surface area contributed by atoms with Crippen LogP contribution in [0.25, 0.3) is 0 Å². The lowest BCUT2D eigenvalue weighted by atomic mass is 10.2. The van der Waals surface area contributed by atoms with E-state index in [0.717, 1.165) is 39.1 Å². The highest BCUT2D eigenvalue weighted by Crippen LogP contribution is 2.10. The lowest BCUT2D eigenvalue weighted by molar-refractivity contribution is 0.0756. The van der Waals surface area contributed by atoms with Crippen molar-refractivity contribution in [3.05, 3.63) is 48.3 Å². The molecule has 110 valence electrons. The number of nitrogens with zero attached hydrogens (tertiary/aromatic N) is 4. The van der Waals surface area contributed by atoms with E-state index in [1.54, 1.807) is 18.7 Å². The molecule has 1 aliphatic rings. The van der Waals surface area contributed by atoms with Crippen LogP contribution in [-0.4, -0.2) is 56.8 Å². The number of nitrogens with one attached hydrogen (secondary N) is 1. The molecule has 6 nitrogen and oxygen atoms in total. The number of hydrogen-bond donors (Lipinski definition) is 1. The molecule has 0 aromatic carbocycles. The van der Waals surface area contributed by atoms with Gasteiger partial charge in [-0.15, -0.1) is 0 Å². The number of imidazole rings is 1. The van der Waals surface area contributed by atoms with E-state index in [9.17, 15) is 4.79 Å². The number of pyridine rings is 1. The molecular formula is C15H19N5O. The number of rotatable bonds is 3. The van der Waals surface area contributed by atoms with Crippen LogP contribution in [0, 0.1) is 0 Å². The Balaban J connectivity index is 1.58. The van der Waals surface area contributed by atoms with Crippen LogP contribution >= 0.6 is 0 Å². The average Bonchev–Trinajstić information content (AvgIpc) is 2.95. The van der Waals surface area contributed by atoms with Crippen LogP contribution in [0.3, 0.4) is 0 Å². The van der Waals surface area contributed by atoms with Crippen molar-refractivity contribution in [3.8, 4) is 0 Å². The van der Waals surface area contributed by atoms with Crippen LogP contribution < -0.4 is 0 Å². The second-order valence-electron chi connectivity index (χ2n) is 5.25. The third-order valence-electron chi connectivity index (χ3n) is 3.73. The van der Waals surface area contributed by atoms with Crippen molar-refractivity contribution in [3.63, 3.8) is 0 Å². The molecule has 0 bridgehead atoms. The summed E-state index contributed by atoms with van der Waals surface area (Å²) < 4.78 is 0. The van der Waals surface area contributed by atoms with Crippen molar-refractivity contribution >= 4 is 5.91 Å². The first-order chi connectivity index (χ1) is 10.3. The molecule has 0 radical (unpaired) electrons. The van der Waals surface area contributed by atoms with Gasteiger partial charge in [-0.2, -0.15) is 0 Å². The number of hydrogen-bond acceptors (Lipinski definition) is 4. The molecule has 0 spiro atoms. The molecule has 3 heterocycles. The minimum Gasteiger partial charge on any atom is -0.341 e. The molecule has 3 rings (SSSR count). The molecule has 1 fully saturated rings. The molecule has 21 heavy (non-hydrogen) atoms.